The maximum atomic E-state index is 12.6. The van der Waals surface area contributed by atoms with E-state index in [2.05, 4.69) is 50.2 Å². The molecule has 8 heteroatoms. The molecular formula is C24H28ClN5O2. The molecule has 7 nitrogen and oxygen atoms in total. The van der Waals surface area contributed by atoms with Crippen LogP contribution >= 0.6 is 11.6 Å². The van der Waals surface area contributed by atoms with Crippen LogP contribution in [0.25, 0.3) is 11.0 Å². The van der Waals surface area contributed by atoms with Gasteiger partial charge in [-0.05, 0) is 55.8 Å². The molecule has 4 N–H and O–H groups in total. The summed E-state index contributed by atoms with van der Waals surface area (Å²) in [5.41, 5.74) is 2.86. The summed E-state index contributed by atoms with van der Waals surface area (Å²) in [7, 11) is 0. The van der Waals surface area contributed by atoms with E-state index in [1.54, 1.807) is 19.3 Å². The molecule has 0 spiro atoms. The van der Waals surface area contributed by atoms with Gasteiger partial charge in [0.05, 0.1) is 11.1 Å². The van der Waals surface area contributed by atoms with Crippen molar-refractivity contribution < 1.29 is 9.59 Å². The van der Waals surface area contributed by atoms with E-state index in [4.69, 9.17) is 11.6 Å². The molecule has 1 fully saturated rings. The Balaban J connectivity index is 1.21. The van der Waals surface area contributed by atoms with Crippen molar-refractivity contribution in [2.24, 2.45) is 5.92 Å². The van der Waals surface area contributed by atoms with Crippen LogP contribution < -0.4 is 16.0 Å². The molecule has 3 aromatic rings. The predicted molar refractivity (Wildman–Crippen MR) is 125 cm³/mol. The Morgan fingerprint density at radius 1 is 1.25 bits per heavy atom. The Morgan fingerprint density at radius 2 is 2.06 bits per heavy atom. The second kappa shape index (κ2) is 10.1. The number of aromatic nitrogens is 2. The van der Waals surface area contributed by atoms with Gasteiger partial charge in [-0.2, -0.15) is 0 Å². The number of pyridine rings is 1. The largest absolute Gasteiger partial charge is 0.350 e. The fourth-order valence-corrected chi connectivity index (χ4v) is 4.28. The van der Waals surface area contributed by atoms with Gasteiger partial charge in [-0.15, -0.1) is 0 Å². The fourth-order valence-electron chi connectivity index (χ4n) is 4.08. The van der Waals surface area contributed by atoms with Gasteiger partial charge in [0.15, 0.2) is 0 Å². The number of carbonyl (C=O) groups is 2. The molecule has 0 bridgehead atoms. The molecule has 0 unspecified atom stereocenters. The number of nitrogens with zero attached hydrogens (tertiary/aromatic N) is 1. The minimum Gasteiger partial charge on any atom is -0.350 e. The Hall–Kier alpha value is -2.90. The minimum atomic E-state index is -0.625. The van der Waals surface area contributed by atoms with E-state index in [-0.39, 0.29) is 17.9 Å². The van der Waals surface area contributed by atoms with Gasteiger partial charge in [0, 0.05) is 24.3 Å². The summed E-state index contributed by atoms with van der Waals surface area (Å²) in [5.74, 6) is 0.0899. The van der Waals surface area contributed by atoms with Gasteiger partial charge < -0.3 is 20.9 Å². The second-order valence-electron chi connectivity index (χ2n) is 8.41. The lowest BCUT2D eigenvalue weighted by atomic mass is 9.96. The summed E-state index contributed by atoms with van der Waals surface area (Å²) in [6.07, 6.45) is 6.21. The number of amides is 2. The third-order valence-corrected chi connectivity index (χ3v) is 6.29. The number of hydrogen-bond acceptors (Lipinski definition) is 4. The number of rotatable bonds is 8. The van der Waals surface area contributed by atoms with E-state index >= 15 is 0 Å². The van der Waals surface area contributed by atoms with Crippen molar-refractivity contribution in [3.8, 4) is 0 Å². The Kier molecular flexibility index (Phi) is 7.07. The van der Waals surface area contributed by atoms with Gasteiger partial charge in [-0.1, -0.05) is 41.9 Å². The maximum Gasteiger partial charge on any atom is 0.242 e. The van der Waals surface area contributed by atoms with Gasteiger partial charge in [0.1, 0.15) is 11.7 Å². The van der Waals surface area contributed by atoms with Crippen molar-refractivity contribution in [3.63, 3.8) is 0 Å². The molecule has 3 heterocycles. The fraction of sp³-hybridized carbons (Fsp3) is 0.375. The molecular weight excluding hydrogens is 426 g/mol. The van der Waals surface area contributed by atoms with E-state index in [9.17, 15) is 9.59 Å². The van der Waals surface area contributed by atoms with Crippen molar-refractivity contribution in [1.82, 2.24) is 25.9 Å². The lowest BCUT2D eigenvalue weighted by Crippen LogP contribution is -2.49. The van der Waals surface area contributed by atoms with Crippen LogP contribution in [-0.2, 0) is 22.6 Å². The SMILES string of the molecule is C[C@H](NC(=O)[C@H]1C[C@H](CCc2ccccc2)CN1)C(=O)NCc1cnc2[nH]cc(Cl)c2c1. The van der Waals surface area contributed by atoms with Gasteiger partial charge in [0.25, 0.3) is 0 Å². The smallest absolute Gasteiger partial charge is 0.242 e. The molecule has 32 heavy (non-hydrogen) atoms. The van der Waals surface area contributed by atoms with Crippen molar-refractivity contribution in [3.05, 3.63) is 64.9 Å². The summed E-state index contributed by atoms with van der Waals surface area (Å²) in [4.78, 5) is 32.4. The predicted octanol–water partition coefficient (Wildman–Crippen LogP) is 2.95. The summed E-state index contributed by atoms with van der Waals surface area (Å²) in [6, 6.07) is 11.4. The average molecular weight is 454 g/mol. The van der Waals surface area contributed by atoms with Crippen molar-refractivity contribution >= 4 is 34.4 Å². The van der Waals surface area contributed by atoms with Crippen LogP contribution in [0.1, 0.15) is 30.9 Å². The number of carbonyl (C=O) groups excluding carboxylic acids is 2. The van der Waals surface area contributed by atoms with Gasteiger partial charge in [-0.25, -0.2) is 4.98 Å². The number of aromatic amines is 1. The highest BCUT2D eigenvalue weighted by Crippen LogP contribution is 2.22. The van der Waals surface area contributed by atoms with Crippen LogP contribution in [-0.4, -0.2) is 40.4 Å². The monoisotopic (exact) mass is 453 g/mol. The maximum absolute atomic E-state index is 12.6. The summed E-state index contributed by atoms with van der Waals surface area (Å²) in [6.45, 7) is 2.83. The van der Waals surface area contributed by atoms with E-state index in [0.29, 0.717) is 23.1 Å². The first-order valence-corrected chi connectivity index (χ1v) is 11.3. The molecule has 4 rings (SSSR count). The minimum absolute atomic E-state index is 0.128. The first kappa shape index (κ1) is 22.3. The van der Waals surface area contributed by atoms with Crippen LogP contribution in [0.4, 0.5) is 0 Å². The number of aryl methyl sites for hydroxylation is 1. The quantitative estimate of drug-likeness (QED) is 0.421. The third kappa shape index (κ3) is 5.47. The zero-order chi connectivity index (χ0) is 22.5. The molecule has 0 aliphatic carbocycles. The van der Waals surface area contributed by atoms with E-state index in [0.717, 1.165) is 36.8 Å². The third-order valence-electron chi connectivity index (χ3n) is 5.98. The Bertz CT molecular complexity index is 1080. The Labute approximate surface area is 192 Å². The highest BCUT2D eigenvalue weighted by molar-refractivity contribution is 6.35. The molecule has 0 saturated carbocycles. The lowest BCUT2D eigenvalue weighted by molar-refractivity contribution is -0.129. The lowest BCUT2D eigenvalue weighted by Gasteiger charge is -2.17. The van der Waals surface area contributed by atoms with Gasteiger partial charge >= 0.3 is 0 Å². The number of fused-ring (bicyclic) bond motifs is 1. The van der Waals surface area contributed by atoms with Crippen LogP contribution in [0.15, 0.2) is 48.8 Å². The molecule has 1 aliphatic heterocycles. The zero-order valence-electron chi connectivity index (χ0n) is 18.0. The standard InChI is InChI=1S/C24H28ClN5O2/c1-15(23(31)29-13-18-9-19-20(25)14-28-22(19)27-12-18)30-24(32)21-10-17(11-26-21)8-7-16-5-3-2-4-6-16/h2-6,9,12,14-15,17,21,26H,7-8,10-11,13H2,1H3,(H,27,28)(H,29,31)(H,30,32)/t15-,17-,21+/m0/s1. The van der Waals surface area contributed by atoms with Crippen molar-refractivity contribution in [1.29, 1.82) is 0 Å². The zero-order valence-corrected chi connectivity index (χ0v) is 18.8. The summed E-state index contributed by atoms with van der Waals surface area (Å²) in [5, 5.41) is 10.4. The highest BCUT2D eigenvalue weighted by atomic mass is 35.5. The van der Waals surface area contributed by atoms with E-state index in [1.807, 2.05) is 12.1 Å². The average Bonchev–Trinajstić information content (AvgIpc) is 3.43. The second-order valence-corrected chi connectivity index (χ2v) is 8.82. The van der Waals surface area contributed by atoms with Crippen LogP contribution in [0.3, 0.4) is 0 Å². The first-order chi connectivity index (χ1) is 15.5. The molecule has 3 atom stereocenters. The van der Waals surface area contributed by atoms with Gasteiger partial charge in [-0.3, -0.25) is 9.59 Å². The first-order valence-electron chi connectivity index (χ1n) is 11.0. The molecule has 1 saturated heterocycles. The van der Waals surface area contributed by atoms with E-state index < -0.39 is 6.04 Å². The van der Waals surface area contributed by atoms with Crippen LogP contribution in [0.5, 0.6) is 0 Å². The normalized spacial score (nSPS) is 19.1. The van der Waals surface area contributed by atoms with Crippen LogP contribution in [0.2, 0.25) is 5.02 Å². The van der Waals surface area contributed by atoms with Crippen LogP contribution in [0, 0.1) is 5.92 Å². The number of halogens is 1. The highest BCUT2D eigenvalue weighted by Gasteiger charge is 2.30. The van der Waals surface area contributed by atoms with E-state index in [1.165, 1.54) is 5.56 Å². The number of H-pyrrole nitrogens is 1. The van der Waals surface area contributed by atoms with Crippen molar-refractivity contribution in [2.45, 2.75) is 44.8 Å². The number of benzene rings is 1. The summed E-state index contributed by atoms with van der Waals surface area (Å²) >= 11 is 6.13. The summed E-state index contributed by atoms with van der Waals surface area (Å²) < 4.78 is 0. The molecule has 168 valence electrons. The molecule has 1 aromatic carbocycles. The van der Waals surface area contributed by atoms with Gasteiger partial charge in [0.2, 0.25) is 11.8 Å². The molecule has 0 radical (unpaired) electrons. The molecule has 1 aliphatic rings. The molecule has 2 amide bonds. The number of hydrogen-bond donors (Lipinski definition) is 4. The Morgan fingerprint density at radius 3 is 2.88 bits per heavy atom. The number of nitrogens with one attached hydrogen (secondary N) is 4. The van der Waals surface area contributed by atoms with Crippen molar-refractivity contribution in [2.75, 3.05) is 6.54 Å². The molecule has 2 aromatic heterocycles. The topological polar surface area (TPSA) is 98.9 Å².